The average molecular weight is 407 g/mol. The van der Waals surface area contributed by atoms with Gasteiger partial charge in [0.25, 0.3) is 5.91 Å². The van der Waals surface area contributed by atoms with E-state index < -0.39 is 15.6 Å². The van der Waals surface area contributed by atoms with Crippen molar-refractivity contribution in [2.75, 3.05) is 13.3 Å². The Morgan fingerprint density at radius 1 is 1.29 bits per heavy atom. The van der Waals surface area contributed by atoms with Gasteiger partial charge in [-0.3, -0.25) is 15.1 Å². The van der Waals surface area contributed by atoms with Gasteiger partial charge in [0.05, 0.1) is 6.26 Å². The lowest BCUT2D eigenvalue weighted by molar-refractivity contribution is -0.131. The Kier molecular flexibility index (Phi) is 6.09. The Hall–Kier alpha value is -1.93. The average Bonchev–Trinajstić information content (AvgIpc) is 2.84. The predicted molar refractivity (Wildman–Crippen MR) is 109 cm³/mol. The highest BCUT2D eigenvalue weighted by Gasteiger charge is 2.49. The standard InChI is InChI=1S/C20H30N4O3S/c1-24-18(25)20(22-19(24)21,12-11-15-7-4-3-5-8-15)14-16-9-6-10-17(13-16)23-28(2,26)27/h3-5,7-8,16-17,23H,6,9-14H2,1-2H3,(H2,21,22)/t16-,17?,20+/m0/s1. The van der Waals surface area contributed by atoms with E-state index in [-0.39, 0.29) is 23.8 Å². The largest absolute Gasteiger partial charge is 0.342 e. The molecule has 1 aromatic carbocycles. The summed E-state index contributed by atoms with van der Waals surface area (Å²) in [7, 11) is -1.60. The molecule has 1 aromatic rings. The zero-order valence-electron chi connectivity index (χ0n) is 16.6. The molecule has 3 rings (SSSR count). The lowest BCUT2D eigenvalue weighted by Crippen LogP contribution is -2.50. The van der Waals surface area contributed by atoms with Crippen LogP contribution in [0, 0.1) is 11.3 Å². The van der Waals surface area contributed by atoms with Crippen molar-refractivity contribution in [3.63, 3.8) is 0 Å². The van der Waals surface area contributed by atoms with Gasteiger partial charge in [0.2, 0.25) is 10.0 Å². The molecule has 8 heteroatoms. The Morgan fingerprint density at radius 2 is 2.00 bits per heavy atom. The highest BCUT2D eigenvalue weighted by molar-refractivity contribution is 7.88. The molecule has 3 N–H and O–H groups in total. The third-order valence-electron chi connectivity index (χ3n) is 5.89. The van der Waals surface area contributed by atoms with E-state index in [1.54, 1.807) is 7.05 Å². The van der Waals surface area contributed by atoms with Crippen LogP contribution in [0.5, 0.6) is 0 Å². The molecular weight excluding hydrogens is 376 g/mol. The normalized spacial score (nSPS) is 28.4. The molecule has 0 spiro atoms. The minimum Gasteiger partial charge on any atom is -0.342 e. The number of nitrogens with one attached hydrogen (secondary N) is 3. The summed E-state index contributed by atoms with van der Waals surface area (Å²) < 4.78 is 25.9. The predicted octanol–water partition coefficient (Wildman–Crippen LogP) is 1.85. The Labute approximate surface area is 167 Å². The summed E-state index contributed by atoms with van der Waals surface area (Å²) in [6.45, 7) is 0. The number of rotatable bonds is 7. The van der Waals surface area contributed by atoms with Gasteiger partial charge in [0.1, 0.15) is 5.54 Å². The smallest absolute Gasteiger partial charge is 0.254 e. The van der Waals surface area contributed by atoms with E-state index in [9.17, 15) is 13.2 Å². The number of aryl methyl sites for hydroxylation is 1. The van der Waals surface area contributed by atoms with E-state index in [1.807, 2.05) is 18.2 Å². The third-order valence-corrected chi connectivity index (χ3v) is 6.65. The number of carbonyl (C=O) groups excluding carboxylic acids is 1. The molecule has 1 amide bonds. The van der Waals surface area contributed by atoms with Crippen LogP contribution in [-0.4, -0.2) is 50.1 Å². The summed E-state index contributed by atoms with van der Waals surface area (Å²) in [5, 5.41) is 11.3. The van der Waals surface area contributed by atoms with Gasteiger partial charge in [-0.05, 0) is 43.6 Å². The van der Waals surface area contributed by atoms with E-state index in [2.05, 4.69) is 22.2 Å². The second kappa shape index (κ2) is 8.21. The quantitative estimate of drug-likeness (QED) is 0.643. The maximum atomic E-state index is 13.1. The first-order chi connectivity index (χ1) is 13.2. The number of hydrogen-bond acceptors (Lipinski definition) is 4. The first-order valence-corrected chi connectivity index (χ1v) is 11.7. The fourth-order valence-electron chi connectivity index (χ4n) is 4.58. The molecule has 2 fully saturated rings. The summed E-state index contributed by atoms with van der Waals surface area (Å²) >= 11 is 0. The Bertz CT molecular complexity index is 827. The molecule has 7 nitrogen and oxygen atoms in total. The number of hydrogen-bond donors (Lipinski definition) is 3. The SMILES string of the molecule is CN1C(=N)N[C@](CCc2ccccc2)(C[C@H]2CCCC(NS(C)(=O)=O)C2)C1=O. The van der Waals surface area contributed by atoms with Crippen LogP contribution in [0.2, 0.25) is 0 Å². The van der Waals surface area contributed by atoms with E-state index in [1.165, 1.54) is 11.2 Å². The summed E-state index contributed by atoms with van der Waals surface area (Å²) in [6.07, 6.45) is 6.64. The van der Waals surface area contributed by atoms with Crippen LogP contribution in [0.4, 0.5) is 0 Å². The Morgan fingerprint density at radius 3 is 2.61 bits per heavy atom. The van der Waals surface area contributed by atoms with Gasteiger partial charge < -0.3 is 5.32 Å². The maximum Gasteiger partial charge on any atom is 0.254 e. The minimum atomic E-state index is -3.24. The molecule has 0 bridgehead atoms. The fourth-order valence-corrected chi connectivity index (χ4v) is 5.40. The summed E-state index contributed by atoms with van der Waals surface area (Å²) in [5.74, 6) is 0.311. The second-order valence-electron chi connectivity index (χ2n) is 8.23. The van der Waals surface area contributed by atoms with Crippen molar-refractivity contribution >= 4 is 21.9 Å². The maximum absolute atomic E-state index is 13.1. The van der Waals surface area contributed by atoms with Gasteiger partial charge >= 0.3 is 0 Å². The first kappa shape index (κ1) is 20.8. The van der Waals surface area contributed by atoms with Crippen LogP contribution >= 0.6 is 0 Å². The van der Waals surface area contributed by atoms with Crippen molar-refractivity contribution in [2.45, 2.75) is 56.5 Å². The lowest BCUT2D eigenvalue weighted by Gasteiger charge is -2.35. The molecule has 2 aliphatic rings. The molecule has 154 valence electrons. The second-order valence-corrected chi connectivity index (χ2v) is 10.0. The van der Waals surface area contributed by atoms with Crippen molar-refractivity contribution in [3.05, 3.63) is 35.9 Å². The number of carbonyl (C=O) groups is 1. The minimum absolute atomic E-state index is 0.0633. The van der Waals surface area contributed by atoms with Gasteiger partial charge in [-0.15, -0.1) is 0 Å². The molecule has 1 aliphatic heterocycles. The number of sulfonamides is 1. The van der Waals surface area contributed by atoms with Crippen molar-refractivity contribution in [1.82, 2.24) is 14.9 Å². The van der Waals surface area contributed by atoms with Gasteiger partial charge in [-0.25, -0.2) is 13.1 Å². The zero-order valence-corrected chi connectivity index (χ0v) is 17.4. The van der Waals surface area contributed by atoms with E-state index in [4.69, 9.17) is 5.41 Å². The van der Waals surface area contributed by atoms with Crippen LogP contribution in [-0.2, 0) is 21.2 Å². The van der Waals surface area contributed by atoms with Crippen LogP contribution in [0.3, 0.4) is 0 Å². The third kappa shape index (κ3) is 4.91. The van der Waals surface area contributed by atoms with Crippen molar-refractivity contribution in [2.24, 2.45) is 5.92 Å². The van der Waals surface area contributed by atoms with Crippen LogP contribution in [0.25, 0.3) is 0 Å². The summed E-state index contributed by atoms with van der Waals surface area (Å²) in [4.78, 5) is 14.4. The molecule has 3 atom stereocenters. The van der Waals surface area contributed by atoms with Crippen molar-refractivity contribution in [3.8, 4) is 0 Å². The molecular formula is C20H30N4O3S. The molecule has 1 saturated carbocycles. The molecule has 28 heavy (non-hydrogen) atoms. The lowest BCUT2D eigenvalue weighted by atomic mass is 9.75. The molecule has 1 heterocycles. The van der Waals surface area contributed by atoms with Gasteiger partial charge in [-0.1, -0.05) is 43.2 Å². The Balaban J connectivity index is 1.74. The van der Waals surface area contributed by atoms with E-state index in [0.29, 0.717) is 12.8 Å². The molecule has 0 radical (unpaired) electrons. The van der Waals surface area contributed by atoms with Crippen LogP contribution in [0.15, 0.2) is 30.3 Å². The van der Waals surface area contributed by atoms with Crippen molar-refractivity contribution in [1.29, 1.82) is 5.41 Å². The monoisotopic (exact) mass is 406 g/mol. The van der Waals surface area contributed by atoms with Crippen LogP contribution in [0.1, 0.15) is 44.1 Å². The number of amides is 1. The topological polar surface area (TPSA) is 102 Å². The molecule has 1 unspecified atom stereocenters. The summed E-state index contributed by atoms with van der Waals surface area (Å²) in [6, 6.07) is 9.97. The van der Waals surface area contributed by atoms with Crippen LogP contribution < -0.4 is 10.0 Å². The van der Waals surface area contributed by atoms with E-state index >= 15 is 0 Å². The molecule has 0 aromatic heterocycles. The molecule has 1 aliphatic carbocycles. The van der Waals surface area contributed by atoms with Gasteiger partial charge in [0.15, 0.2) is 5.96 Å². The number of likely N-dealkylation sites (N-methyl/N-ethyl adjacent to an activating group) is 1. The zero-order chi connectivity index (χ0) is 20.4. The highest BCUT2D eigenvalue weighted by atomic mass is 32.2. The number of guanidine groups is 1. The van der Waals surface area contributed by atoms with E-state index in [0.717, 1.165) is 37.7 Å². The first-order valence-electron chi connectivity index (χ1n) is 9.85. The fraction of sp³-hybridized carbons (Fsp3) is 0.600. The summed E-state index contributed by atoms with van der Waals surface area (Å²) in [5.41, 5.74) is 0.372. The van der Waals surface area contributed by atoms with Gasteiger partial charge in [-0.2, -0.15) is 0 Å². The van der Waals surface area contributed by atoms with Crippen molar-refractivity contribution < 1.29 is 13.2 Å². The number of benzene rings is 1. The van der Waals surface area contributed by atoms with Gasteiger partial charge in [0, 0.05) is 13.1 Å². The molecule has 1 saturated heterocycles. The highest BCUT2D eigenvalue weighted by Crippen LogP contribution is 2.36. The number of nitrogens with zero attached hydrogens (tertiary/aromatic N) is 1.